The number of likely N-dealkylation sites (N-methyl/N-ethyl adjacent to an activating group) is 1. The van der Waals surface area contributed by atoms with Crippen molar-refractivity contribution in [3.05, 3.63) is 23.8 Å². The maximum Gasteiger partial charge on any atom is 0.191 e. The molecule has 0 saturated heterocycles. The summed E-state index contributed by atoms with van der Waals surface area (Å²) in [6.45, 7) is 7.25. The van der Waals surface area contributed by atoms with E-state index in [0.29, 0.717) is 0 Å². The Labute approximate surface area is 152 Å². The van der Waals surface area contributed by atoms with Crippen LogP contribution in [0.2, 0.25) is 0 Å². The van der Waals surface area contributed by atoms with Crippen LogP contribution in [0.5, 0.6) is 11.5 Å². The number of benzene rings is 1. The fourth-order valence-electron chi connectivity index (χ4n) is 2.56. The summed E-state index contributed by atoms with van der Waals surface area (Å²) in [6, 6.07) is 5.84. The Balaban J connectivity index is 2.60. The van der Waals surface area contributed by atoms with Crippen molar-refractivity contribution in [3.63, 3.8) is 0 Å². The Hall–Kier alpha value is -1.95. The summed E-state index contributed by atoms with van der Waals surface area (Å²) in [5.41, 5.74) is 1.03. The van der Waals surface area contributed by atoms with Crippen LogP contribution in [-0.2, 0) is 0 Å². The second-order valence-electron chi connectivity index (χ2n) is 6.13. The lowest BCUT2D eigenvalue weighted by atomic mass is 10.1. The lowest BCUT2D eigenvalue weighted by molar-refractivity contribution is 0.332. The van der Waals surface area contributed by atoms with Crippen molar-refractivity contribution in [1.29, 1.82) is 0 Å². The summed E-state index contributed by atoms with van der Waals surface area (Å²) in [5, 5.41) is 6.78. The van der Waals surface area contributed by atoms with Gasteiger partial charge in [0.1, 0.15) is 11.5 Å². The lowest BCUT2D eigenvalue weighted by Gasteiger charge is -2.22. The van der Waals surface area contributed by atoms with Crippen LogP contribution in [0.3, 0.4) is 0 Å². The minimum absolute atomic E-state index is 0.0362. The molecule has 6 nitrogen and oxygen atoms in total. The van der Waals surface area contributed by atoms with Gasteiger partial charge in [-0.15, -0.1) is 0 Å². The van der Waals surface area contributed by atoms with E-state index in [2.05, 4.69) is 41.4 Å². The average molecular weight is 351 g/mol. The van der Waals surface area contributed by atoms with Crippen molar-refractivity contribution in [2.24, 2.45) is 4.99 Å². The van der Waals surface area contributed by atoms with Gasteiger partial charge < -0.3 is 25.0 Å². The largest absolute Gasteiger partial charge is 0.497 e. The molecule has 142 valence electrons. The van der Waals surface area contributed by atoms with Gasteiger partial charge in [-0.2, -0.15) is 0 Å². The number of methoxy groups -OCH3 is 2. The summed E-state index contributed by atoms with van der Waals surface area (Å²) in [6.07, 6.45) is 2.46. The second-order valence-corrected chi connectivity index (χ2v) is 6.13. The number of nitrogens with zero attached hydrogens (tertiary/aromatic N) is 2. The molecule has 1 atom stereocenters. The molecule has 0 bridgehead atoms. The van der Waals surface area contributed by atoms with Crippen LogP contribution in [0.15, 0.2) is 23.2 Å². The molecule has 0 aliphatic carbocycles. The fourth-order valence-corrected chi connectivity index (χ4v) is 2.56. The zero-order valence-corrected chi connectivity index (χ0v) is 16.6. The van der Waals surface area contributed by atoms with Gasteiger partial charge in [-0.3, -0.25) is 4.99 Å². The fraction of sp³-hybridized carbons (Fsp3) is 0.632. The van der Waals surface area contributed by atoms with E-state index in [9.17, 15) is 0 Å². The van der Waals surface area contributed by atoms with E-state index in [1.165, 1.54) is 12.8 Å². The Kier molecular flexibility index (Phi) is 9.77. The first kappa shape index (κ1) is 21.1. The molecular weight excluding hydrogens is 316 g/mol. The number of rotatable bonds is 10. The van der Waals surface area contributed by atoms with Gasteiger partial charge in [-0.25, -0.2) is 0 Å². The highest BCUT2D eigenvalue weighted by Crippen LogP contribution is 2.29. The molecule has 0 spiro atoms. The van der Waals surface area contributed by atoms with Crippen molar-refractivity contribution < 1.29 is 9.47 Å². The van der Waals surface area contributed by atoms with E-state index in [1.807, 2.05) is 18.2 Å². The van der Waals surface area contributed by atoms with Crippen molar-refractivity contribution in [2.75, 3.05) is 47.9 Å². The van der Waals surface area contributed by atoms with E-state index in [4.69, 9.17) is 9.47 Å². The molecule has 0 saturated carbocycles. The second kappa shape index (κ2) is 11.6. The predicted octanol–water partition coefficient (Wildman–Crippen LogP) is 2.66. The van der Waals surface area contributed by atoms with Crippen molar-refractivity contribution in [1.82, 2.24) is 15.5 Å². The summed E-state index contributed by atoms with van der Waals surface area (Å²) >= 11 is 0. The molecular formula is C19H34N4O2. The zero-order chi connectivity index (χ0) is 18.7. The molecule has 0 aliphatic rings. The van der Waals surface area contributed by atoms with Gasteiger partial charge in [0.05, 0.1) is 20.3 Å². The SMILES string of the molecule is CCCCN(C)CCNC(=NC)NC(C)c1cc(OC)ccc1OC. The van der Waals surface area contributed by atoms with E-state index in [0.717, 1.165) is 42.7 Å². The number of nitrogens with one attached hydrogen (secondary N) is 2. The molecule has 0 amide bonds. The normalized spacial score (nSPS) is 12.8. The Bertz CT molecular complexity index is 534. The number of hydrogen-bond acceptors (Lipinski definition) is 4. The molecule has 6 heteroatoms. The maximum absolute atomic E-state index is 5.47. The predicted molar refractivity (Wildman–Crippen MR) is 105 cm³/mol. The lowest BCUT2D eigenvalue weighted by Crippen LogP contribution is -2.42. The number of ether oxygens (including phenoxy) is 2. The minimum Gasteiger partial charge on any atom is -0.497 e. The monoisotopic (exact) mass is 350 g/mol. The molecule has 1 unspecified atom stereocenters. The third kappa shape index (κ3) is 7.22. The standard InChI is InChI=1S/C19H34N4O2/c1-7-8-12-23(4)13-11-21-19(20-3)22-15(2)17-14-16(24-5)9-10-18(17)25-6/h9-10,14-15H,7-8,11-13H2,1-6H3,(H2,20,21,22). The highest BCUT2D eigenvalue weighted by molar-refractivity contribution is 5.80. The molecule has 0 heterocycles. The maximum atomic E-state index is 5.47. The van der Waals surface area contributed by atoms with Gasteiger partial charge in [0.2, 0.25) is 0 Å². The van der Waals surface area contributed by atoms with E-state index < -0.39 is 0 Å². The van der Waals surface area contributed by atoms with Gasteiger partial charge in [-0.05, 0) is 45.1 Å². The van der Waals surface area contributed by atoms with E-state index in [-0.39, 0.29) is 6.04 Å². The van der Waals surface area contributed by atoms with Crippen LogP contribution < -0.4 is 20.1 Å². The van der Waals surface area contributed by atoms with E-state index in [1.54, 1.807) is 21.3 Å². The number of aliphatic imine (C=N–C) groups is 1. The van der Waals surface area contributed by atoms with Gasteiger partial charge in [0.25, 0.3) is 0 Å². The summed E-state index contributed by atoms with van der Waals surface area (Å²) in [4.78, 5) is 6.65. The summed E-state index contributed by atoms with van der Waals surface area (Å²) in [7, 11) is 7.28. The van der Waals surface area contributed by atoms with Crippen LogP contribution in [0.25, 0.3) is 0 Å². The minimum atomic E-state index is 0.0362. The Morgan fingerprint density at radius 3 is 2.60 bits per heavy atom. The molecule has 25 heavy (non-hydrogen) atoms. The van der Waals surface area contributed by atoms with Crippen LogP contribution in [0, 0.1) is 0 Å². The molecule has 1 rings (SSSR count). The van der Waals surface area contributed by atoms with Gasteiger partial charge in [0.15, 0.2) is 5.96 Å². The first-order chi connectivity index (χ1) is 12.0. The third-order valence-electron chi connectivity index (χ3n) is 4.16. The quantitative estimate of drug-likeness (QED) is 0.502. The molecule has 0 radical (unpaired) electrons. The van der Waals surface area contributed by atoms with Crippen LogP contribution >= 0.6 is 0 Å². The Morgan fingerprint density at radius 1 is 1.24 bits per heavy atom. The molecule has 0 fully saturated rings. The highest BCUT2D eigenvalue weighted by Gasteiger charge is 2.14. The average Bonchev–Trinajstić information content (AvgIpc) is 2.64. The van der Waals surface area contributed by atoms with Gasteiger partial charge in [0, 0.05) is 25.7 Å². The number of guanidine groups is 1. The molecule has 0 aliphatic heterocycles. The molecule has 2 N–H and O–H groups in total. The third-order valence-corrected chi connectivity index (χ3v) is 4.16. The van der Waals surface area contributed by atoms with Gasteiger partial charge >= 0.3 is 0 Å². The number of unbranched alkanes of at least 4 members (excludes halogenated alkanes) is 1. The van der Waals surface area contributed by atoms with Crippen molar-refractivity contribution in [3.8, 4) is 11.5 Å². The summed E-state index contributed by atoms with van der Waals surface area (Å²) in [5.74, 6) is 2.42. The topological polar surface area (TPSA) is 58.1 Å². The van der Waals surface area contributed by atoms with Crippen LogP contribution in [-0.4, -0.2) is 58.8 Å². The first-order valence-corrected chi connectivity index (χ1v) is 8.93. The molecule has 1 aromatic rings. The smallest absolute Gasteiger partial charge is 0.191 e. The highest BCUT2D eigenvalue weighted by atomic mass is 16.5. The number of hydrogen-bond donors (Lipinski definition) is 2. The van der Waals surface area contributed by atoms with Gasteiger partial charge in [-0.1, -0.05) is 13.3 Å². The van der Waals surface area contributed by atoms with Crippen LogP contribution in [0.4, 0.5) is 0 Å². The molecule has 0 aromatic heterocycles. The van der Waals surface area contributed by atoms with Crippen molar-refractivity contribution in [2.45, 2.75) is 32.7 Å². The van der Waals surface area contributed by atoms with E-state index >= 15 is 0 Å². The zero-order valence-electron chi connectivity index (χ0n) is 16.6. The first-order valence-electron chi connectivity index (χ1n) is 8.93. The molecule has 1 aromatic carbocycles. The Morgan fingerprint density at radius 2 is 2.00 bits per heavy atom. The summed E-state index contributed by atoms with van der Waals surface area (Å²) < 4.78 is 10.8. The van der Waals surface area contributed by atoms with Crippen LogP contribution in [0.1, 0.15) is 38.3 Å². The van der Waals surface area contributed by atoms with Crippen molar-refractivity contribution >= 4 is 5.96 Å².